The van der Waals surface area contributed by atoms with Crippen LogP contribution < -0.4 is 10.1 Å². The second kappa shape index (κ2) is 6.78. The van der Waals surface area contributed by atoms with Crippen molar-refractivity contribution in [1.29, 1.82) is 0 Å². The molecule has 0 unspecified atom stereocenters. The molecule has 0 radical (unpaired) electrons. The monoisotopic (exact) mass is 325 g/mol. The van der Waals surface area contributed by atoms with Gasteiger partial charge in [-0.25, -0.2) is 0 Å². The first kappa shape index (κ1) is 14.9. The van der Waals surface area contributed by atoms with Crippen molar-refractivity contribution < 1.29 is 9.53 Å². The maximum absolute atomic E-state index is 12.0. The van der Waals surface area contributed by atoms with Gasteiger partial charge in [-0.3, -0.25) is 4.79 Å². The van der Waals surface area contributed by atoms with Gasteiger partial charge in [0.25, 0.3) is 5.91 Å². The number of nitrogens with one attached hydrogen (secondary N) is 1. The Morgan fingerprint density at radius 3 is 2.55 bits per heavy atom. The number of hydrogen-bond donors (Lipinski definition) is 1. The van der Waals surface area contributed by atoms with Gasteiger partial charge < -0.3 is 10.1 Å². The van der Waals surface area contributed by atoms with Crippen LogP contribution in [0.2, 0.25) is 0 Å². The molecule has 0 spiro atoms. The number of thioether (sulfide) groups is 1. The van der Waals surface area contributed by atoms with Crippen molar-refractivity contribution in [3.05, 3.63) is 34.3 Å². The highest BCUT2D eigenvalue weighted by atomic mass is 32.2. The van der Waals surface area contributed by atoms with Crippen molar-refractivity contribution in [2.24, 2.45) is 0 Å². The Kier molecular flexibility index (Phi) is 5.05. The lowest BCUT2D eigenvalue weighted by Crippen LogP contribution is -2.11. The van der Waals surface area contributed by atoms with E-state index in [1.807, 2.05) is 6.26 Å². The standard InChI is InChI=1S/C12H11N3O2S3/c1-17-8-5-3-7(4-6-8)13-9(16)10-14-15-11(20-10)12(18)19-2/h3-6H,1-2H3,(H,13,16). The van der Waals surface area contributed by atoms with Gasteiger partial charge >= 0.3 is 0 Å². The summed E-state index contributed by atoms with van der Waals surface area (Å²) in [6, 6.07) is 7.05. The summed E-state index contributed by atoms with van der Waals surface area (Å²) in [7, 11) is 1.59. The number of aromatic nitrogens is 2. The average molecular weight is 325 g/mol. The third-order valence-corrected chi connectivity index (χ3v) is 4.78. The Labute approximate surface area is 129 Å². The summed E-state index contributed by atoms with van der Waals surface area (Å²) in [5.41, 5.74) is 0.667. The Balaban J connectivity index is 2.07. The van der Waals surface area contributed by atoms with E-state index in [-0.39, 0.29) is 10.9 Å². The van der Waals surface area contributed by atoms with Crippen molar-refractivity contribution in [2.45, 2.75) is 0 Å². The van der Waals surface area contributed by atoms with E-state index < -0.39 is 0 Å². The first-order chi connectivity index (χ1) is 9.63. The maximum Gasteiger partial charge on any atom is 0.286 e. The van der Waals surface area contributed by atoms with Crippen LogP contribution in [0.1, 0.15) is 14.8 Å². The van der Waals surface area contributed by atoms with Crippen molar-refractivity contribution in [3.63, 3.8) is 0 Å². The van der Waals surface area contributed by atoms with Crippen LogP contribution in [0.5, 0.6) is 5.75 Å². The lowest BCUT2D eigenvalue weighted by atomic mass is 10.3. The highest BCUT2D eigenvalue weighted by Crippen LogP contribution is 2.19. The second-order valence-electron chi connectivity index (χ2n) is 3.59. The van der Waals surface area contributed by atoms with E-state index in [2.05, 4.69) is 15.5 Å². The molecule has 1 aromatic carbocycles. The summed E-state index contributed by atoms with van der Waals surface area (Å²) < 4.78 is 5.68. The van der Waals surface area contributed by atoms with Gasteiger partial charge in [0, 0.05) is 5.69 Å². The van der Waals surface area contributed by atoms with Crippen LogP contribution in [-0.2, 0) is 0 Å². The third kappa shape index (κ3) is 3.53. The Bertz CT molecular complexity index is 625. The molecule has 0 aliphatic carbocycles. The fraction of sp³-hybridized carbons (Fsp3) is 0.167. The number of carbonyl (C=O) groups is 1. The molecule has 1 N–H and O–H groups in total. The molecule has 2 rings (SSSR count). The lowest BCUT2D eigenvalue weighted by molar-refractivity contribution is 0.102. The van der Waals surface area contributed by atoms with Gasteiger partial charge in [0.2, 0.25) is 5.01 Å². The van der Waals surface area contributed by atoms with Gasteiger partial charge in [-0.2, -0.15) is 0 Å². The van der Waals surface area contributed by atoms with E-state index in [0.29, 0.717) is 14.9 Å². The highest BCUT2D eigenvalue weighted by molar-refractivity contribution is 8.23. The van der Waals surface area contributed by atoms with Crippen LogP contribution in [-0.4, -0.2) is 33.7 Å². The number of amides is 1. The van der Waals surface area contributed by atoms with Gasteiger partial charge in [-0.1, -0.05) is 23.6 Å². The van der Waals surface area contributed by atoms with Crippen molar-refractivity contribution in [3.8, 4) is 5.75 Å². The highest BCUT2D eigenvalue weighted by Gasteiger charge is 2.15. The van der Waals surface area contributed by atoms with Gasteiger partial charge in [0.05, 0.1) is 7.11 Å². The zero-order valence-electron chi connectivity index (χ0n) is 10.7. The second-order valence-corrected chi connectivity index (χ2v) is 6.05. The van der Waals surface area contributed by atoms with Crippen LogP contribution in [0.15, 0.2) is 24.3 Å². The first-order valence-electron chi connectivity index (χ1n) is 5.51. The van der Waals surface area contributed by atoms with Crippen LogP contribution >= 0.6 is 35.3 Å². The number of anilines is 1. The fourth-order valence-corrected chi connectivity index (χ4v) is 2.67. The predicted octanol–water partition coefficient (Wildman–Crippen LogP) is 2.84. The number of hydrogen-bond acceptors (Lipinski definition) is 7. The Hall–Kier alpha value is -1.51. The summed E-state index contributed by atoms with van der Waals surface area (Å²) in [6.07, 6.45) is 1.86. The quantitative estimate of drug-likeness (QED) is 0.872. The molecular formula is C12H11N3O2S3. The summed E-state index contributed by atoms with van der Waals surface area (Å²) >= 11 is 7.69. The molecule has 5 nitrogen and oxygen atoms in total. The molecule has 2 aromatic rings. The van der Waals surface area contributed by atoms with Crippen molar-refractivity contribution >= 4 is 51.1 Å². The van der Waals surface area contributed by atoms with Gasteiger partial charge in [-0.15, -0.1) is 22.0 Å². The number of nitrogens with zero attached hydrogens (tertiary/aromatic N) is 2. The summed E-state index contributed by atoms with van der Waals surface area (Å²) in [5.74, 6) is 0.425. The molecular weight excluding hydrogens is 314 g/mol. The Morgan fingerprint density at radius 1 is 1.30 bits per heavy atom. The molecule has 104 valence electrons. The minimum atomic E-state index is -0.303. The van der Waals surface area contributed by atoms with E-state index in [1.54, 1.807) is 31.4 Å². The number of benzene rings is 1. The summed E-state index contributed by atoms with van der Waals surface area (Å²) in [4.78, 5) is 12.0. The molecule has 0 fully saturated rings. The Morgan fingerprint density at radius 2 is 1.95 bits per heavy atom. The van der Waals surface area contributed by atoms with Crippen molar-refractivity contribution in [2.75, 3.05) is 18.7 Å². The zero-order valence-corrected chi connectivity index (χ0v) is 13.2. The predicted molar refractivity (Wildman–Crippen MR) is 86.1 cm³/mol. The van der Waals surface area contributed by atoms with Gasteiger partial charge in [-0.05, 0) is 30.5 Å². The molecule has 20 heavy (non-hydrogen) atoms. The minimum absolute atomic E-state index is 0.284. The number of methoxy groups -OCH3 is 1. The van der Waals surface area contributed by atoms with Gasteiger partial charge in [0.15, 0.2) is 5.01 Å². The molecule has 0 saturated heterocycles. The summed E-state index contributed by atoms with van der Waals surface area (Å²) in [5, 5.41) is 11.4. The minimum Gasteiger partial charge on any atom is -0.497 e. The van der Waals surface area contributed by atoms with Crippen LogP contribution in [0.3, 0.4) is 0 Å². The molecule has 8 heteroatoms. The van der Waals surface area contributed by atoms with E-state index in [0.717, 1.165) is 5.75 Å². The number of thiocarbonyl (C=S) groups is 1. The molecule has 0 bridgehead atoms. The van der Waals surface area contributed by atoms with Gasteiger partial charge in [0.1, 0.15) is 9.95 Å². The molecule has 1 amide bonds. The molecule has 0 aliphatic rings. The molecule has 0 aliphatic heterocycles. The van der Waals surface area contributed by atoms with E-state index in [1.165, 1.54) is 23.1 Å². The number of carbonyl (C=O) groups excluding carboxylic acids is 1. The molecule has 1 heterocycles. The van der Waals surface area contributed by atoms with E-state index in [9.17, 15) is 4.79 Å². The number of rotatable bonds is 4. The van der Waals surface area contributed by atoms with E-state index >= 15 is 0 Å². The topological polar surface area (TPSA) is 64.1 Å². The normalized spacial score (nSPS) is 10.1. The fourth-order valence-electron chi connectivity index (χ4n) is 1.34. The smallest absolute Gasteiger partial charge is 0.286 e. The van der Waals surface area contributed by atoms with Crippen LogP contribution in [0.25, 0.3) is 0 Å². The van der Waals surface area contributed by atoms with Crippen molar-refractivity contribution in [1.82, 2.24) is 10.2 Å². The molecule has 0 saturated carbocycles. The lowest BCUT2D eigenvalue weighted by Gasteiger charge is -2.03. The zero-order chi connectivity index (χ0) is 14.5. The summed E-state index contributed by atoms with van der Waals surface area (Å²) in [6.45, 7) is 0. The third-order valence-electron chi connectivity index (χ3n) is 2.33. The van der Waals surface area contributed by atoms with Crippen LogP contribution in [0.4, 0.5) is 5.69 Å². The number of ether oxygens (including phenoxy) is 1. The van der Waals surface area contributed by atoms with E-state index in [4.69, 9.17) is 17.0 Å². The molecule has 0 atom stereocenters. The SMILES string of the molecule is COc1ccc(NC(=O)c2nnc(C(=S)SC)s2)cc1. The van der Waals surface area contributed by atoms with Crippen LogP contribution in [0, 0.1) is 0 Å². The molecule has 1 aromatic heterocycles. The largest absolute Gasteiger partial charge is 0.497 e. The first-order valence-corrected chi connectivity index (χ1v) is 7.96. The average Bonchev–Trinajstić information content (AvgIpc) is 2.97. The maximum atomic E-state index is 12.0.